The van der Waals surface area contributed by atoms with E-state index in [0.717, 1.165) is 22.4 Å². The first kappa shape index (κ1) is 23.2. The van der Waals surface area contributed by atoms with Gasteiger partial charge in [0.05, 0.1) is 17.7 Å². The van der Waals surface area contributed by atoms with Crippen LogP contribution in [-0.2, 0) is 11.8 Å². The minimum Gasteiger partial charge on any atom is -0.462 e. The number of halogens is 1. The summed E-state index contributed by atoms with van der Waals surface area (Å²) in [6.07, 6.45) is 3.43. The number of esters is 1. The number of carbonyl (C=O) groups is 1. The number of aromatic nitrogens is 4. The van der Waals surface area contributed by atoms with E-state index >= 15 is 4.39 Å². The van der Waals surface area contributed by atoms with E-state index in [4.69, 9.17) is 9.47 Å². The second kappa shape index (κ2) is 9.95. The predicted molar refractivity (Wildman–Crippen MR) is 134 cm³/mol. The summed E-state index contributed by atoms with van der Waals surface area (Å²) < 4.78 is 27.8. The molecule has 36 heavy (non-hydrogen) atoms. The molecule has 5 rings (SSSR count). The van der Waals surface area contributed by atoms with E-state index in [1.807, 2.05) is 43.6 Å². The molecule has 3 heterocycles. The van der Waals surface area contributed by atoms with E-state index < -0.39 is 12.3 Å². The second-order valence-electron chi connectivity index (χ2n) is 8.09. The van der Waals surface area contributed by atoms with Crippen molar-refractivity contribution in [3.8, 4) is 28.1 Å². The van der Waals surface area contributed by atoms with Crippen LogP contribution in [-0.4, -0.2) is 32.3 Å². The molecule has 5 aromatic rings. The lowest BCUT2D eigenvalue weighted by atomic mass is 10.0. The zero-order chi connectivity index (χ0) is 25.1. The summed E-state index contributed by atoms with van der Waals surface area (Å²) in [4.78, 5) is 21.0. The summed E-state index contributed by atoms with van der Waals surface area (Å²) >= 11 is 0. The van der Waals surface area contributed by atoms with E-state index in [1.165, 1.54) is 0 Å². The van der Waals surface area contributed by atoms with Crippen molar-refractivity contribution < 1.29 is 18.7 Å². The number of ether oxygens (including phenoxy) is 2. The van der Waals surface area contributed by atoms with Gasteiger partial charge in [0.1, 0.15) is 17.1 Å². The van der Waals surface area contributed by atoms with E-state index in [0.29, 0.717) is 10.9 Å². The van der Waals surface area contributed by atoms with E-state index in [9.17, 15) is 4.79 Å². The zero-order valence-corrected chi connectivity index (χ0v) is 19.8. The highest BCUT2D eigenvalue weighted by Gasteiger charge is 2.24. The number of carbonyl (C=O) groups excluding carboxylic acids is 1. The summed E-state index contributed by atoms with van der Waals surface area (Å²) in [5.74, 6) is -0.358. The highest BCUT2D eigenvalue weighted by Crippen LogP contribution is 2.33. The van der Waals surface area contributed by atoms with Crippen LogP contribution >= 0.6 is 0 Å². The number of para-hydroxylation sites is 1. The Bertz CT molecular complexity index is 1520. The third kappa shape index (κ3) is 4.65. The maximum Gasteiger partial charge on any atom is 0.340 e. The van der Waals surface area contributed by atoms with Crippen molar-refractivity contribution in [2.75, 3.05) is 6.61 Å². The molecular weight excluding hydrogens is 459 g/mol. The fourth-order valence-corrected chi connectivity index (χ4v) is 3.99. The Labute approximate surface area is 207 Å². The third-order valence-corrected chi connectivity index (χ3v) is 5.65. The van der Waals surface area contributed by atoms with Gasteiger partial charge in [-0.15, -0.1) is 0 Å². The topological polar surface area (TPSA) is 79.1 Å². The van der Waals surface area contributed by atoms with Crippen molar-refractivity contribution >= 4 is 16.9 Å². The van der Waals surface area contributed by atoms with Crippen LogP contribution in [0.25, 0.3) is 33.3 Å². The molecule has 0 aliphatic rings. The van der Waals surface area contributed by atoms with Gasteiger partial charge in [0.25, 0.3) is 6.36 Å². The molecule has 1 atom stereocenters. The van der Waals surface area contributed by atoms with Gasteiger partial charge in [-0.2, -0.15) is 9.49 Å². The Balaban J connectivity index is 1.43. The second-order valence-corrected chi connectivity index (χ2v) is 8.09. The summed E-state index contributed by atoms with van der Waals surface area (Å²) in [7, 11) is 1.86. The molecular formula is C28H23FN4O3. The quantitative estimate of drug-likeness (QED) is 0.268. The molecule has 7 nitrogen and oxygen atoms in total. The van der Waals surface area contributed by atoms with Gasteiger partial charge in [-0.1, -0.05) is 18.2 Å². The van der Waals surface area contributed by atoms with Crippen molar-refractivity contribution in [3.63, 3.8) is 0 Å². The third-order valence-electron chi connectivity index (χ3n) is 5.65. The molecule has 1 unspecified atom stereocenters. The predicted octanol–water partition coefficient (Wildman–Crippen LogP) is 5.92. The van der Waals surface area contributed by atoms with Crippen molar-refractivity contribution in [2.45, 2.75) is 13.3 Å². The first-order chi connectivity index (χ1) is 17.5. The lowest BCUT2D eigenvalue weighted by Gasteiger charge is -2.15. The van der Waals surface area contributed by atoms with Crippen LogP contribution in [0.2, 0.25) is 0 Å². The highest BCUT2D eigenvalue weighted by atomic mass is 19.1. The average Bonchev–Trinajstić information content (AvgIpc) is 3.30. The zero-order valence-electron chi connectivity index (χ0n) is 19.8. The van der Waals surface area contributed by atoms with Crippen LogP contribution in [0.5, 0.6) is 5.75 Å². The minimum atomic E-state index is -1.97. The Morgan fingerprint density at radius 1 is 1.03 bits per heavy atom. The number of pyridine rings is 2. The smallest absolute Gasteiger partial charge is 0.340 e. The van der Waals surface area contributed by atoms with Crippen LogP contribution in [0.1, 0.15) is 29.3 Å². The number of nitrogens with zero attached hydrogens (tertiary/aromatic N) is 4. The summed E-state index contributed by atoms with van der Waals surface area (Å²) in [5, 5.41) is 5.30. The molecule has 8 heteroatoms. The van der Waals surface area contributed by atoms with Gasteiger partial charge in [-0.05, 0) is 61.0 Å². The molecule has 0 amide bonds. The van der Waals surface area contributed by atoms with Crippen molar-refractivity contribution in [1.82, 2.24) is 19.7 Å². The van der Waals surface area contributed by atoms with E-state index in [-0.39, 0.29) is 23.6 Å². The number of aryl methyl sites for hydroxylation is 1. The highest BCUT2D eigenvalue weighted by molar-refractivity contribution is 5.95. The minimum absolute atomic E-state index is 0.0372. The summed E-state index contributed by atoms with van der Waals surface area (Å²) in [6.45, 7) is 1.86. The summed E-state index contributed by atoms with van der Waals surface area (Å²) in [6, 6.07) is 19.6. The fourth-order valence-electron chi connectivity index (χ4n) is 3.99. The first-order valence-corrected chi connectivity index (χ1v) is 11.5. The number of benzene rings is 2. The van der Waals surface area contributed by atoms with Gasteiger partial charge >= 0.3 is 5.97 Å². The molecule has 0 aliphatic heterocycles. The van der Waals surface area contributed by atoms with Gasteiger partial charge in [-0.3, -0.25) is 9.67 Å². The van der Waals surface area contributed by atoms with E-state index in [1.54, 1.807) is 60.4 Å². The molecule has 0 spiro atoms. The monoisotopic (exact) mass is 482 g/mol. The molecule has 3 aromatic heterocycles. The molecule has 0 fully saturated rings. The van der Waals surface area contributed by atoms with Gasteiger partial charge < -0.3 is 9.47 Å². The van der Waals surface area contributed by atoms with E-state index in [2.05, 4.69) is 15.1 Å². The molecule has 0 N–H and O–H groups in total. The molecule has 0 saturated heterocycles. The largest absolute Gasteiger partial charge is 0.462 e. The number of hydrogen-bond donors (Lipinski definition) is 0. The standard InChI is InChI=1S/C28H23FN4O3/c1-3-35-28(34)22-16-20-6-4-5-7-24(20)31-26(22)27(29)36-21-10-8-19(9-11-21)25-23(17-33(2)32-25)18-12-14-30-15-13-18/h4-17,27H,3H2,1-2H3. The number of alkyl halides is 1. The maximum absolute atomic E-state index is 15.4. The molecule has 0 aliphatic carbocycles. The lowest BCUT2D eigenvalue weighted by Crippen LogP contribution is -2.14. The van der Waals surface area contributed by atoms with Gasteiger partial charge in [0, 0.05) is 42.2 Å². The van der Waals surface area contributed by atoms with Crippen molar-refractivity contribution in [3.05, 3.63) is 96.6 Å². The van der Waals surface area contributed by atoms with Crippen molar-refractivity contribution in [1.29, 1.82) is 0 Å². The number of fused-ring (bicyclic) bond motifs is 1. The van der Waals surface area contributed by atoms with Crippen molar-refractivity contribution in [2.24, 2.45) is 7.05 Å². The summed E-state index contributed by atoms with van der Waals surface area (Å²) in [5.41, 5.74) is 4.05. The van der Waals surface area contributed by atoms with Gasteiger partial charge in [-0.25, -0.2) is 9.78 Å². The molecule has 2 aromatic carbocycles. The number of rotatable bonds is 7. The Morgan fingerprint density at radius 2 is 1.78 bits per heavy atom. The maximum atomic E-state index is 15.4. The lowest BCUT2D eigenvalue weighted by molar-refractivity contribution is 0.0465. The first-order valence-electron chi connectivity index (χ1n) is 11.5. The van der Waals surface area contributed by atoms with Crippen LogP contribution in [0.4, 0.5) is 4.39 Å². The SMILES string of the molecule is CCOC(=O)c1cc2ccccc2nc1C(F)Oc1ccc(-c2nn(C)cc2-c2ccncc2)cc1. The van der Waals surface area contributed by atoms with Crippen LogP contribution < -0.4 is 4.74 Å². The van der Waals surface area contributed by atoms with Crippen LogP contribution in [0, 0.1) is 0 Å². The Kier molecular flexibility index (Phi) is 6.40. The Morgan fingerprint density at radius 3 is 2.53 bits per heavy atom. The molecule has 180 valence electrons. The van der Waals surface area contributed by atoms with Crippen LogP contribution in [0.3, 0.4) is 0 Å². The fraction of sp³-hybridized carbons (Fsp3) is 0.143. The molecule has 0 bridgehead atoms. The Hall–Kier alpha value is -4.59. The normalized spacial score (nSPS) is 11.9. The average molecular weight is 483 g/mol. The van der Waals surface area contributed by atoms with Gasteiger partial charge in [0.2, 0.25) is 0 Å². The van der Waals surface area contributed by atoms with Gasteiger partial charge in [0.15, 0.2) is 0 Å². The molecule has 0 saturated carbocycles. The number of hydrogen-bond acceptors (Lipinski definition) is 6. The molecule has 0 radical (unpaired) electrons. The van der Waals surface area contributed by atoms with Crippen LogP contribution in [0.15, 0.2) is 85.3 Å².